The fourth-order valence-electron chi connectivity index (χ4n) is 1.46. The maximum atomic E-state index is 11.5. The molecule has 7 nitrogen and oxygen atoms in total. The van der Waals surface area contributed by atoms with Crippen LogP contribution in [0.25, 0.3) is 0 Å². The fourth-order valence-corrected chi connectivity index (χ4v) is 1.93. The molecule has 0 spiro atoms. The van der Waals surface area contributed by atoms with Gasteiger partial charge in [0, 0.05) is 4.47 Å². The molecule has 21 heavy (non-hydrogen) atoms. The second kappa shape index (κ2) is 6.31. The number of aromatic nitrogens is 2. The number of benzene rings is 1. The normalized spacial score (nSPS) is 10.0. The van der Waals surface area contributed by atoms with Gasteiger partial charge in [0.15, 0.2) is 5.69 Å². The van der Waals surface area contributed by atoms with Gasteiger partial charge >= 0.3 is 11.9 Å². The van der Waals surface area contributed by atoms with Crippen molar-refractivity contribution >= 4 is 27.9 Å². The number of halogens is 1. The molecule has 0 saturated carbocycles. The Morgan fingerprint density at radius 3 is 2.52 bits per heavy atom. The zero-order chi connectivity index (χ0) is 15.4. The van der Waals surface area contributed by atoms with Crippen LogP contribution in [0.3, 0.4) is 0 Å². The van der Waals surface area contributed by atoms with Gasteiger partial charge in [-0.3, -0.25) is 0 Å². The van der Waals surface area contributed by atoms with Crippen LogP contribution in [0.5, 0.6) is 11.6 Å². The van der Waals surface area contributed by atoms with Crippen LogP contribution >= 0.6 is 15.9 Å². The zero-order valence-electron chi connectivity index (χ0n) is 10.7. The van der Waals surface area contributed by atoms with Gasteiger partial charge in [0.05, 0.1) is 25.1 Å². The van der Waals surface area contributed by atoms with Crippen molar-refractivity contribution < 1.29 is 24.2 Å². The van der Waals surface area contributed by atoms with Crippen LogP contribution in [-0.2, 0) is 4.74 Å². The van der Waals surface area contributed by atoms with Gasteiger partial charge < -0.3 is 14.6 Å². The van der Waals surface area contributed by atoms with Crippen LogP contribution in [0, 0.1) is 0 Å². The predicted octanol–water partition coefficient (Wildman–Crippen LogP) is 2.52. The van der Waals surface area contributed by atoms with Crippen LogP contribution in [0.15, 0.2) is 35.1 Å². The van der Waals surface area contributed by atoms with Gasteiger partial charge in [0.2, 0.25) is 5.88 Å². The SMILES string of the molecule is COC(=O)c1cc(Br)cc(Oc2cnc(C(=O)O)cn2)c1. The molecule has 0 aliphatic heterocycles. The average Bonchev–Trinajstić information content (AvgIpc) is 2.46. The van der Waals surface area contributed by atoms with Gasteiger partial charge in [0.25, 0.3) is 0 Å². The molecule has 0 radical (unpaired) electrons. The third-order valence-electron chi connectivity index (χ3n) is 2.36. The Morgan fingerprint density at radius 2 is 1.95 bits per heavy atom. The summed E-state index contributed by atoms with van der Waals surface area (Å²) in [6.07, 6.45) is 2.26. The lowest BCUT2D eigenvalue weighted by molar-refractivity contribution is 0.0599. The van der Waals surface area contributed by atoms with E-state index in [0.29, 0.717) is 15.8 Å². The van der Waals surface area contributed by atoms with E-state index in [9.17, 15) is 9.59 Å². The summed E-state index contributed by atoms with van der Waals surface area (Å²) >= 11 is 3.25. The largest absolute Gasteiger partial charge is 0.476 e. The molecule has 2 aromatic rings. The lowest BCUT2D eigenvalue weighted by Gasteiger charge is -2.07. The molecule has 0 aliphatic rings. The van der Waals surface area contributed by atoms with Crippen LogP contribution in [0.1, 0.15) is 20.8 Å². The Labute approximate surface area is 127 Å². The summed E-state index contributed by atoms with van der Waals surface area (Å²) in [7, 11) is 1.28. The number of carboxylic acids is 1. The van der Waals surface area contributed by atoms with Crippen LogP contribution < -0.4 is 4.74 Å². The van der Waals surface area contributed by atoms with Gasteiger partial charge in [-0.25, -0.2) is 19.6 Å². The van der Waals surface area contributed by atoms with Gasteiger partial charge in [-0.05, 0) is 18.2 Å². The van der Waals surface area contributed by atoms with E-state index in [2.05, 4.69) is 30.6 Å². The summed E-state index contributed by atoms with van der Waals surface area (Å²) in [6.45, 7) is 0. The Kier molecular flexibility index (Phi) is 4.49. The topological polar surface area (TPSA) is 98.6 Å². The van der Waals surface area contributed by atoms with Crippen LogP contribution in [-0.4, -0.2) is 34.1 Å². The van der Waals surface area contributed by atoms with Crippen molar-refractivity contribution in [2.75, 3.05) is 7.11 Å². The fraction of sp³-hybridized carbons (Fsp3) is 0.0769. The molecular formula is C13H9BrN2O5. The lowest BCUT2D eigenvalue weighted by atomic mass is 10.2. The lowest BCUT2D eigenvalue weighted by Crippen LogP contribution is -2.03. The maximum Gasteiger partial charge on any atom is 0.356 e. The van der Waals surface area contributed by atoms with Crippen molar-refractivity contribution in [2.45, 2.75) is 0 Å². The highest BCUT2D eigenvalue weighted by Crippen LogP contribution is 2.25. The van der Waals surface area contributed by atoms with E-state index in [0.717, 1.165) is 6.20 Å². The minimum Gasteiger partial charge on any atom is -0.476 e. The first kappa shape index (κ1) is 14.9. The van der Waals surface area contributed by atoms with E-state index >= 15 is 0 Å². The average molecular weight is 353 g/mol. The van der Waals surface area contributed by atoms with Gasteiger partial charge in [-0.2, -0.15) is 0 Å². The number of rotatable bonds is 4. The van der Waals surface area contributed by atoms with Gasteiger partial charge in [-0.1, -0.05) is 15.9 Å². The zero-order valence-corrected chi connectivity index (χ0v) is 12.3. The maximum absolute atomic E-state index is 11.5. The molecule has 0 bridgehead atoms. The summed E-state index contributed by atoms with van der Waals surface area (Å²) in [5.74, 6) is -1.24. The minimum atomic E-state index is -1.18. The van der Waals surface area contributed by atoms with Crippen molar-refractivity contribution in [3.63, 3.8) is 0 Å². The summed E-state index contributed by atoms with van der Waals surface area (Å²) in [4.78, 5) is 29.7. The Morgan fingerprint density at radius 1 is 1.19 bits per heavy atom. The summed E-state index contributed by atoms with van der Waals surface area (Å²) in [6, 6.07) is 4.68. The number of esters is 1. The van der Waals surface area contributed by atoms with E-state index < -0.39 is 11.9 Å². The molecule has 0 amide bonds. The van der Waals surface area contributed by atoms with Crippen LogP contribution in [0.4, 0.5) is 0 Å². The van der Waals surface area contributed by atoms with Crippen molar-refractivity contribution in [3.8, 4) is 11.6 Å². The van der Waals surface area contributed by atoms with E-state index in [1.54, 1.807) is 12.1 Å². The second-order valence-electron chi connectivity index (χ2n) is 3.81. The van der Waals surface area contributed by atoms with Crippen molar-refractivity contribution in [1.82, 2.24) is 9.97 Å². The highest BCUT2D eigenvalue weighted by atomic mass is 79.9. The quantitative estimate of drug-likeness (QED) is 0.843. The molecule has 0 fully saturated rings. The molecule has 1 heterocycles. The number of methoxy groups -OCH3 is 1. The van der Waals surface area contributed by atoms with E-state index in [-0.39, 0.29) is 11.6 Å². The van der Waals surface area contributed by atoms with Crippen molar-refractivity contribution in [3.05, 3.63) is 46.3 Å². The van der Waals surface area contributed by atoms with E-state index in [4.69, 9.17) is 9.84 Å². The molecule has 0 saturated heterocycles. The molecule has 2 rings (SSSR count). The van der Waals surface area contributed by atoms with Crippen molar-refractivity contribution in [2.24, 2.45) is 0 Å². The highest BCUT2D eigenvalue weighted by Gasteiger charge is 2.11. The summed E-state index contributed by atoms with van der Waals surface area (Å²) < 4.78 is 10.7. The number of hydrogen-bond donors (Lipinski definition) is 1. The number of carbonyl (C=O) groups is 2. The summed E-state index contributed by atoms with van der Waals surface area (Å²) in [5.41, 5.74) is 0.115. The number of carbonyl (C=O) groups excluding carboxylic acids is 1. The molecule has 1 aromatic heterocycles. The smallest absolute Gasteiger partial charge is 0.356 e. The Balaban J connectivity index is 2.24. The number of hydrogen-bond acceptors (Lipinski definition) is 6. The first-order valence-electron chi connectivity index (χ1n) is 5.61. The minimum absolute atomic E-state index is 0.105. The van der Waals surface area contributed by atoms with Crippen LogP contribution in [0.2, 0.25) is 0 Å². The summed E-state index contributed by atoms with van der Waals surface area (Å²) in [5, 5.41) is 8.73. The third-order valence-corrected chi connectivity index (χ3v) is 2.82. The highest BCUT2D eigenvalue weighted by molar-refractivity contribution is 9.10. The number of carboxylic acid groups (broad SMARTS) is 1. The van der Waals surface area contributed by atoms with Crippen molar-refractivity contribution in [1.29, 1.82) is 0 Å². The second-order valence-corrected chi connectivity index (χ2v) is 4.73. The van der Waals surface area contributed by atoms with Gasteiger partial charge in [-0.15, -0.1) is 0 Å². The monoisotopic (exact) mass is 352 g/mol. The molecule has 1 aromatic carbocycles. The molecular weight excluding hydrogens is 344 g/mol. The van der Waals surface area contributed by atoms with Gasteiger partial charge in [0.1, 0.15) is 5.75 Å². The first-order valence-corrected chi connectivity index (χ1v) is 6.41. The molecule has 108 valence electrons. The number of ether oxygens (including phenoxy) is 2. The third kappa shape index (κ3) is 3.76. The Bertz CT molecular complexity index is 687. The van der Waals surface area contributed by atoms with E-state index in [1.165, 1.54) is 19.4 Å². The molecule has 0 unspecified atom stereocenters. The predicted molar refractivity (Wildman–Crippen MR) is 74.5 cm³/mol. The standard InChI is InChI=1S/C13H9BrN2O5/c1-20-13(19)7-2-8(14)4-9(3-7)21-11-6-15-10(5-16-11)12(17)18/h2-6H,1H3,(H,17,18). The molecule has 0 atom stereocenters. The first-order chi connectivity index (χ1) is 9.99. The Hall–Kier alpha value is -2.48. The van der Waals surface area contributed by atoms with E-state index in [1.807, 2.05) is 0 Å². The molecule has 0 aliphatic carbocycles. The number of nitrogens with zero attached hydrogens (tertiary/aromatic N) is 2. The molecule has 8 heteroatoms. The molecule has 1 N–H and O–H groups in total. The number of aromatic carboxylic acids is 1.